The van der Waals surface area contributed by atoms with Crippen LogP contribution in [0.2, 0.25) is 0 Å². The Labute approximate surface area is 154 Å². The average Bonchev–Trinajstić information content (AvgIpc) is 2.94. The highest BCUT2D eigenvalue weighted by molar-refractivity contribution is 6.09. The summed E-state index contributed by atoms with van der Waals surface area (Å²) in [5.41, 5.74) is -0.265. The van der Waals surface area contributed by atoms with Gasteiger partial charge in [-0.25, -0.2) is 4.98 Å². The van der Waals surface area contributed by atoms with Crippen LogP contribution in [-0.4, -0.2) is 51.9 Å². The van der Waals surface area contributed by atoms with E-state index in [1.165, 1.54) is 18.3 Å². The van der Waals surface area contributed by atoms with Crippen molar-refractivity contribution in [2.45, 2.75) is 25.7 Å². The Bertz CT molecular complexity index is 978. The van der Waals surface area contributed by atoms with Crippen LogP contribution in [0.4, 0.5) is 13.2 Å². The molecule has 8 heteroatoms. The SMILES string of the molecule is CC(Cn1c2cc(O)ccc2c2ccnc(C(F)(F)F)c21)N1CCOCC1. The van der Waals surface area contributed by atoms with Crippen LogP contribution in [-0.2, 0) is 17.5 Å². The molecule has 1 aliphatic rings. The predicted molar refractivity (Wildman–Crippen MR) is 95.8 cm³/mol. The molecule has 3 aromatic rings. The fraction of sp³-hybridized carbons (Fsp3) is 0.421. The molecule has 3 heterocycles. The number of alkyl halides is 3. The molecule has 0 bridgehead atoms. The maximum Gasteiger partial charge on any atom is 0.435 e. The Morgan fingerprint density at radius 1 is 1.19 bits per heavy atom. The van der Waals surface area contributed by atoms with Crippen LogP contribution in [0.5, 0.6) is 5.75 Å². The van der Waals surface area contributed by atoms with Gasteiger partial charge in [0.15, 0.2) is 5.69 Å². The summed E-state index contributed by atoms with van der Waals surface area (Å²) in [5.74, 6) is 0.0205. The number of ether oxygens (including phenoxy) is 1. The van der Waals surface area contributed by atoms with Crippen molar-refractivity contribution in [1.82, 2.24) is 14.5 Å². The summed E-state index contributed by atoms with van der Waals surface area (Å²) in [6.45, 7) is 5.08. The van der Waals surface area contributed by atoms with Gasteiger partial charge in [-0.3, -0.25) is 4.90 Å². The van der Waals surface area contributed by atoms with Gasteiger partial charge in [-0.1, -0.05) is 0 Å². The second-order valence-corrected chi connectivity index (χ2v) is 6.86. The summed E-state index contributed by atoms with van der Waals surface area (Å²) in [6, 6.07) is 6.27. The van der Waals surface area contributed by atoms with Crippen LogP contribution >= 0.6 is 0 Å². The number of halogens is 3. The van der Waals surface area contributed by atoms with Crippen molar-refractivity contribution in [2.24, 2.45) is 0 Å². The summed E-state index contributed by atoms with van der Waals surface area (Å²) < 4.78 is 47.9. The van der Waals surface area contributed by atoms with Gasteiger partial charge in [-0.15, -0.1) is 0 Å². The molecule has 4 rings (SSSR count). The van der Waals surface area contributed by atoms with Crippen molar-refractivity contribution in [3.05, 3.63) is 36.2 Å². The van der Waals surface area contributed by atoms with Crippen LogP contribution in [0.1, 0.15) is 12.6 Å². The topological polar surface area (TPSA) is 50.5 Å². The number of benzene rings is 1. The second kappa shape index (κ2) is 6.69. The summed E-state index contributed by atoms with van der Waals surface area (Å²) >= 11 is 0. The molecule has 1 unspecified atom stereocenters. The van der Waals surface area contributed by atoms with Crippen molar-refractivity contribution in [2.75, 3.05) is 26.3 Å². The molecule has 1 atom stereocenters. The third-order valence-corrected chi connectivity index (χ3v) is 5.14. The summed E-state index contributed by atoms with van der Waals surface area (Å²) in [6.07, 6.45) is -3.37. The zero-order valence-electron chi connectivity index (χ0n) is 14.8. The molecule has 1 aromatic carbocycles. The molecule has 144 valence electrons. The fourth-order valence-corrected chi connectivity index (χ4v) is 3.83. The molecule has 0 radical (unpaired) electrons. The number of aromatic nitrogens is 2. The maximum atomic E-state index is 13.6. The number of aromatic hydroxyl groups is 1. The van der Waals surface area contributed by atoms with Crippen LogP contribution in [0.15, 0.2) is 30.5 Å². The number of hydrogen-bond donors (Lipinski definition) is 1. The van der Waals surface area contributed by atoms with Gasteiger partial charge in [0, 0.05) is 48.7 Å². The van der Waals surface area contributed by atoms with E-state index in [0.29, 0.717) is 36.0 Å². The largest absolute Gasteiger partial charge is 0.508 e. The minimum atomic E-state index is -4.56. The van der Waals surface area contributed by atoms with Crippen molar-refractivity contribution in [1.29, 1.82) is 0 Å². The number of nitrogens with zero attached hydrogens (tertiary/aromatic N) is 3. The molecule has 0 aliphatic carbocycles. The molecular weight excluding hydrogens is 359 g/mol. The average molecular weight is 379 g/mol. The van der Waals surface area contributed by atoms with Gasteiger partial charge in [0.05, 0.1) is 24.2 Å². The summed E-state index contributed by atoms with van der Waals surface area (Å²) in [7, 11) is 0. The zero-order valence-corrected chi connectivity index (χ0v) is 14.8. The first-order valence-corrected chi connectivity index (χ1v) is 8.85. The van der Waals surface area contributed by atoms with Crippen LogP contribution < -0.4 is 0 Å². The monoisotopic (exact) mass is 379 g/mol. The van der Waals surface area contributed by atoms with Gasteiger partial charge >= 0.3 is 6.18 Å². The first kappa shape index (κ1) is 18.1. The van der Waals surface area contributed by atoms with Crippen LogP contribution in [0, 0.1) is 0 Å². The Morgan fingerprint density at radius 3 is 2.63 bits per heavy atom. The third kappa shape index (κ3) is 3.23. The number of phenols is 1. The van der Waals surface area contributed by atoms with E-state index in [9.17, 15) is 18.3 Å². The number of morpholine rings is 1. The lowest BCUT2D eigenvalue weighted by atomic mass is 10.1. The Balaban J connectivity index is 1.91. The smallest absolute Gasteiger partial charge is 0.435 e. The molecule has 1 fully saturated rings. The molecule has 27 heavy (non-hydrogen) atoms. The van der Waals surface area contributed by atoms with E-state index in [4.69, 9.17) is 4.74 Å². The second-order valence-electron chi connectivity index (χ2n) is 6.86. The van der Waals surface area contributed by atoms with E-state index >= 15 is 0 Å². The van der Waals surface area contributed by atoms with Crippen molar-refractivity contribution in [3.8, 4) is 5.75 Å². The van der Waals surface area contributed by atoms with Gasteiger partial charge in [0.25, 0.3) is 0 Å². The minimum absolute atomic E-state index is 0.0105. The lowest BCUT2D eigenvalue weighted by Crippen LogP contribution is -2.43. The van der Waals surface area contributed by atoms with E-state index < -0.39 is 11.9 Å². The molecule has 0 spiro atoms. The van der Waals surface area contributed by atoms with Gasteiger partial charge < -0.3 is 14.4 Å². The Kier molecular flexibility index (Phi) is 4.47. The number of phenolic OH excluding ortho intramolecular Hbond substituents is 1. The number of fused-ring (bicyclic) bond motifs is 3. The summed E-state index contributed by atoms with van der Waals surface area (Å²) in [5, 5.41) is 11.1. The molecular formula is C19H20F3N3O2. The number of rotatable bonds is 3. The van der Waals surface area contributed by atoms with E-state index in [2.05, 4.69) is 9.88 Å². The molecule has 1 aliphatic heterocycles. The molecule has 5 nitrogen and oxygen atoms in total. The molecule has 0 amide bonds. The van der Waals surface area contributed by atoms with E-state index in [0.717, 1.165) is 13.1 Å². The standard InChI is InChI=1S/C19H20F3N3O2/c1-12(24-6-8-27-9-7-24)11-25-16-10-13(26)2-3-14(16)15-4-5-23-18(17(15)25)19(20,21)22/h2-5,10,12,26H,6-9,11H2,1H3. The maximum absolute atomic E-state index is 13.6. The van der Waals surface area contributed by atoms with Gasteiger partial charge in [-0.05, 0) is 25.1 Å². The first-order valence-electron chi connectivity index (χ1n) is 8.85. The lowest BCUT2D eigenvalue weighted by Gasteiger charge is -2.32. The Morgan fingerprint density at radius 2 is 1.93 bits per heavy atom. The van der Waals surface area contributed by atoms with E-state index in [1.807, 2.05) is 6.92 Å². The highest BCUT2D eigenvalue weighted by Crippen LogP contribution is 2.38. The zero-order chi connectivity index (χ0) is 19.2. The van der Waals surface area contributed by atoms with Crippen molar-refractivity contribution < 1.29 is 23.0 Å². The summed E-state index contributed by atoms with van der Waals surface area (Å²) in [4.78, 5) is 5.84. The Hall–Kier alpha value is -2.32. The molecule has 2 aromatic heterocycles. The van der Waals surface area contributed by atoms with E-state index in [-0.39, 0.29) is 17.3 Å². The van der Waals surface area contributed by atoms with Crippen molar-refractivity contribution in [3.63, 3.8) is 0 Å². The van der Waals surface area contributed by atoms with Gasteiger partial charge in [0.2, 0.25) is 0 Å². The van der Waals surface area contributed by atoms with Crippen LogP contribution in [0.25, 0.3) is 21.8 Å². The van der Waals surface area contributed by atoms with E-state index in [1.54, 1.807) is 16.7 Å². The molecule has 1 N–H and O–H groups in total. The minimum Gasteiger partial charge on any atom is -0.508 e. The highest BCUT2D eigenvalue weighted by Gasteiger charge is 2.36. The lowest BCUT2D eigenvalue weighted by molar-refractivity contribution is -0.140. The highest BCUT2D eigenvalue weighted by atomic mass is 19.4. The van der Waals surface area contributed by atoms with Crippen LogP contribution in [0.3, 0.4) is 0 Å². The van der Waals surface area contributed by atoms with Gasteiger partial charge in [-0.2, -0.15) is 13.2 Å². The quantitative estimate of drug-likeness (QED) is 0.755. The van der Waals surface area contributed by atoms with Crippen molar-refractivity contribution >= 4 is 21.8 Å². The molecule has 1 saturated heterocycles. The fourth-order valence-electron chi connectivity index (χ4n) is 3.83. The molecule has 0 saturated carbocycles. The van der Waals surface area contributed by atoms with Gasteiger partial charge in [0.1, 0.15) is 5.75 Å². The normalized spacial score (nSPS) is 17.6. The predicted octanol–water partition coefficient (Wildman–Crippen LogP) is 3.63. The first-order chi connectivity index (χ1) is 12.9. The number of hydrogen-bond acceptors (Lipinski definition) is 4. The third-order valence-electron chi connectivity index (χ3n) is 5.14. The number of pyridine rings is 1.